The van der Waals surface area contributed by atoms with Gasteiger partial charge >= 0.3 is 0 Å². The molecule has 2 nitrogen and oxygen atoms in total. The highest BCUT2D eigenvalue weighted by Crippen LogP contribution is 2.29. The van der Waals surface area contributed by atoms with E-state index in [1.54, 1.807) is 0 Å². The van der Waals surface area contributed by atoms with Gasteiger partial charge in [-0.25, -0.2) is 0 Å². The van der Waals surface area contributed by atoms with Gasteiger partial charge in [0, 0.05) is 5.56 Å². The minimum Gasteiger partial charge on any atom is -0.171 e. The molecular weight excluding hydrogens is 216 g/mol. The molecule has 0 saturated heterocycles. The van der Waals surface area contributed by atoms with Crippen molar-refractivity contribution in [2.45, 2.75) is 13.8 Å². The summed E-state index contributed by atoms with van der Waals surface area (Å²) in [5, 5.41) is 0.490. The zero-order chi connectivity index (χ0) is 10.1. The van der Waals surface area contributed by atoms with Crippen molar-refractivity contribution in [1.82, 2.24) is 8.75 Å². The molecule has 4 heteroatoms. The molecular formula is C10H9ClN2S. The highest BCUT2D eigenvalue weighted by molar-refractivity contribution is 6.99. The van der Waals surface area contributed by atoms with Crippen LogP contribution in [0.4, 0.5) is 0 Å². The van der Waals surface area contributed by atoms with Gasteiger partial charge in [0.2, 0.25) is 0 Å². The van der Waals surface area contributed by atoms with Gasteiger partial charge in [-0.1, -0.05) is 29.8 Å². The molecule has 1 aromatic carbocycles. The van der Waals surface area contributed by atoms with Crippen LogP contribution in [0.25, 0.3) is 11.3 Å². The normalized spacial score (nSPS) is 10.5. The molecule has 0 atom stereocenters. The van der Waals surface area contributed by atoms with Crippen LogP contribution < -0.4 is 0 Å². The van der Waals surface area contributed by atoms with E-state index in [1.807, 2.05) is 12.1 Å². The van der Waals surface area contributed by atoms with Crippen molar-refractivity contribution >= 4 is 23.3 Å². The van der Waals surface area contributed by atoms with Gasteiger partial charge in [0.05, 0.1) is 11.7 Å². The number of hydrogen-bond acceptors (Lipinski definition) is 3. The molecule has 2 aromatic rings. The Morgan fingerprint density at radius 2 is 2.00 bits per heavy atom. The Bertz CT molecular complexity index is 465. The minimum atomic E-state index is 0.490. The summed E-state index contributed by atoms with van der Waals surface area (Å²) in [4.78, 5) is 0. The second-order valence-electron chi connectivity index (χ2n) is 3.15. The van der Waals surface area contributed by atoms with E-state index < -0.39 is 0 Å². The molecule has 0 unspecified atom stereocenters. The molecule has 0 aliphatic carbocycles. The summed E-state index contributed by atoms with van der Waals surface area (Å²) >= 11 is 7.08. The van der Waals surface area contributed by atoms with Gasteiger partial charge in [-0.3, -0.25) is 0 Å². The predicted molar refractivity (Wildman–Crippen MR) is 59.8 cm³/mol. The number of nitrogens with zero attached hydrogens (tertiary/aromatic N) is 2. The number of aromatic nitrogens is 2. The van der Waals surface area contributed by atoms with Crippen LogP contribution in [0.3, 0.4) is 0 Å². The smallest absolute Gasteiger partial charge is 0.170 e. The zero-order valence-corrected chi connectivity index (χ0v) is 9.49. The summed E-state index contributed by atoms with van der Waals surface area (Å²) in [5.41, 5.74) is 4.32. The summed E-state index contributed by atoms with van der Waals surface area (Å²) < 4.78 is 8.15. The SMILES string of the molecule is Cc1cccc(-c2nsnc2Cl)c1C. The van der Waals surface area contributed by atoms with Crippen LogP contribution in [0.1, 0.15) is 11.1 Å². The molecule has 0 bridgehead atoms. The van der Waals surface area contributed by atoms with Gasteiger partial charge in [0.1, 0.15) is 5.69 Å². The van der Waals surface area contributed by atoms with Gasteiger partial charge in [0.25, 0.3) is 0 Å². The Kier molecular flexibility index (Phi) is 2.52. The number of benzene rings is 1. The summed E-state index contributed by atoms with van der Waals surface area (Å²) in [6.45, 7) is 4.15. The molecule has 0 aliphatic heterocycles. The fraction of sp³-hybridized carbons (Fsp3) is 0.200. The first-order valence-electron chi connectivity index (χ1n) is 4.25. The zero-order valence-electron chi connectivity index (χ0n) is 7.91. The first-order chi connectivity index (χ1) is 6.70. The van der Waals surface area contributed by atoms with Crippen molar-refractivity contribution in [2.75, 3.05) is 0 Å². The van der Waals surface area contributed by atoms with Crippen LogP contribution in [0.15, 0.2) is 18.2 Å². The number of aryl methyl sites for hydroxylation is 1. The maximum Gasteiger partial charge on any atom is 0.170 e. The molecule has 1 heterocycles. The van der Waals surface area contributed by atoms with E-state index in [4.69, 9.17) is 11.6 Å². The van der Waals surface area contributed by atoms with E-state index in [9.17, 15) is 0 Å². The van der Waals surface area contributed by atoms with Gasteiger partial charge in [-0.15, -0.1) is 0 Å². The molecule has 14 heavy (non-hydrogen) atoms. The lowest BCUT2D eigenvalue weighted by Crippen LogP contribution is -1.87. The second kappa shape index (κ2) is 3.67. The van der Waals surface area contributed by atoms with Crippen LogP contribution in [-0.4, -0.2) is 8.75 Å². The van der Waals surface area contributed by atoms with Crippen LogP contribution >= 0.6 is 23.3 Å². The number of halogens is 1. The summed E-state index contributed by atoms with van der Waals surface area (Å²) in [6.07, 6.45) is 0. The fourth-order valence-electron chi connectivity index (χ4n) is 1.35. The van der Waals surface area contributed by atoms with Crippen molar-refractivity contribution in [2.24, 2.45) is 0 Å². The molecule has 2 rings (SSSR count). The quantitative estimate of drug-likeness (QED) is 0.741. The molecule has 0 radical (unpaired) electrons. The van der Waals surface area contributed by atoms with E-state index in [2.05, 4.69) is 28.7 Å². The standard InChI is InChI=1S/C10H9ClN2S/c1-6-4-3-5-8(7(6)2)9-10(11)13-14-12-9/h3-5H,1-2H3. The highest BCUT2D eigenvalue weighted by atomic mass is 35.5. The molecule has 72 valence electrons. The van der Waals surface area contributed by atoms with E-state index >= 15 is 0 Å². The number of hydrogen-bond donors (Lipinski definition) is 0. The molecule has 0 spiro atoms. The maximum absolute atomic E-state index is 5.94. The molecule has 0 N–H and O–H groups in total. The van der Waals surface area contributed by atoms with E-state index in [-0.39, 0.29) is 0 Å². The maximum atomic E-state index is 5.94. The largest absolute Gasteiger partial charge is 0.171 e. The third-order valence-corrected chi connectivity index (χ3v) is 3.20. The average Bonchev–Trinajstić information content (AvgIpc) is 2.57. The van der Waals surface area contributed by atoms with Crippen LogP contribution in [0.2, 0.25) is 5.15 Å². The van der Waals surface area contributed by atoms with Crippen molar-refractivity contribution in [3.05, 3.63) is 34.5 Å². The van der Waals surface area contributed by atoms with Crippen molar-refractivity contribution < 1.29 is 0 Å². The van der Waals surface area contributed by atoms with Crippen molar-refractivity contribution in [1.29, 1.82) is 0 Å². The van der Waals surface area contributed by atoms with Gasteiger partial charge in [0.15, 0.2) is 5.15 Å². The van der Waals surface area contributed by atoms with Crippen molar-refractivity contribution in [3.63, 3.8) is 0 Å². The van der Waals surface area contributed by atoms with E-state index in [1.165, 1.54) is 11.1 Å². The molecule has 1 aromatic heterocycles. The first kappa shape index (κ1) is 9.62. The lowest BCUT2D eigenvalue weighted by atomic mass is 10.0. The monoisotopic (exact) mass is 224 g/mol. The molecule has 0 aliphatic rings. The molecule has 0 saturated carbocycles. The van der Waals surface area contributed by atoms with E-state index in [0.29, 0.717) is 5.15 Å². The molecule has 0 amide bonds. The molecule has 0 fully saturated rings. The van der Waals surface area contributed by atoms with Crippen LogP contribution in [0.5, 0.6) is 0 Å². The number of rotatable bonds is 1. The Morgan fingerprint density at radius 1 is 1.21 bits per heavy atom. The lowest BCUT2D eigenvalue weighted by Gasteiger charge is -2.05. The highest BCUT2D eigenvalue weighted by Gasteiger charge is 2.11. The summed E-state index contributed by atoms with van der Waals surface area (Å²) in [7, 11) is 0. The second-order valence-corrected chi connectivity index (χ2v) is 4.04. The first-order valence-corrected chi connectivity index (χ1v) is 5.35. The Balaban J connectivity index is 2.63. The van der Waals surface area contributed by atoms with Gasteiger partial charge < -0.3 is 0 Å². The van der Waals surface area contributed by atoms with Crippen LogP contribution in [0, 0.1) is 13.8 Å². The summed E-state index contributed by atoms with van der Waals surface area (Å²) in [6, 6.07) is 6.10. The average molecular weight is 225 g/mol. The summed E-state index contributed by atoms with van der Waals surface area (Å²) in [5.74, 6) is 0. The van der Waals surface area contributed by atoms with Gasteiger partial charge in [-0.2, -0.15) is 8.75 Å². The topological polar surface area (TPSA) is 25.8 Å². The van der Waals surface area contributed by atoms with E-state index in [0.717, 1.165) is 23.0 Å². The Labute approximate surface area is 91.9 Å². The Morgan fingerprint density at radius 3 is 2.64 bits per heavy atom. The van der Waals surface area contributed by atoms with Crippen LogP contribution in [-0.2, 0) is 0 Å². The predicted octanol–water partition coefficient (Wildman–Crippen LogP) is 3.48. The van der Waals surface area contributed by atoms with Crippen molar-refractivity contribution in [3.8, 4) is 11.3 Å². The third-order valence-electron chi connectivity index (χ3n) is 2.31. The lowest BCUT2D eigenvalue weighted by molar-refractivity contribution is 1.32. The fourth-order valence-corrected chi connectivity index (χ4v) is 2.10. The minimum absolute atomic E-state index is 0.490. The Hall–Kier alpha value is -0.930. The van der Waals surface area contributed by atoms with Gasteiger partial charge in [-0.05, 0) is 25.0 Å². The third kappa shape index (κ3) is 1.53.